The van der Waals surface area contributed by atoms with Gasteiger partial charge in [0.25, 0.3) is 0 Å². The lowest BCUT2D eigenvalue weighted by atomic mass is 9.98. The largest absolute Gasteiger partial charge is 0.478 e. The number of hydrogen-bond donors (Lipinski definition) is 1. The van der Waals surface area contributed by atoms with Gasteiger partial charge >= 0.3 is 12.0 Å². The molecule has 0 aliphatic carbocycles. The summed E-state index contributed by atoms with van der Waals surface area (Å²) in [7, 11) is 1.65. The van der Waals surface area contributed by atoms with Crippen molar-refractivity contribution in [2.45, 2.75) is 19.5 Å². The molecule has 25 heavy (non-hydrogen) atoms. The fourth-order valence-corrected chi connectivity index (χ4v) is 3.15. The van der Waals surface area contributed by atoms with Crippen molar-refractivity contribution in [3.05, 3.63) is 63.9 Å². The van der Waals surface area contributed by atoms with Crippen molar-refractivity contribution < 1.29 is 19.1 Å². The van der Waals surface area contributed by atoms with Crippen LogP contribution >= 0.6 is 11.6 Å². The standard InChI is InChI=1S/C18H16ClFN2O3/c1-10-12-7-6-11(17(23)24)8-16(12)22(18(25)21(10)2)9-13-14(19)4-3-5-15(13)20/h3-8,10H,9H2,1-2H3,(H,23,24). The van der Waals surface area contributed by atoms with Crippen LogP contribution in [0.25, 0.3) is 0 Å². The monoisotopic (exact) mass is 362 g/mol. The van der Waals surface area contributed by atoms with Crippen LogP contribution in [0.3, 0.4) is 0 Å². The Morgan fingerprint density at radius 1 is 1.32 bits per heavy atom. The van der Waals surface area contributed by atoms with Crippen molar-refractivity contribution >= 4 is 29.3 Å². The Morgan fingerprint density at radius 3 is 2.68 bits per heavy atom. The van der Waals surface area contributed by atoms with Crippen LogP contribution in [-0.2, 0) is 6.54 Å². The maximum atomic E-state index is 14.2. The van der Waals surface area contributed by atoms with Crippen LogP contribution in [0.2, 0.25) is 5.02 Å². The normalized spacial score (nSPS) is 16.8. The summed E-state index contributed by atoms with van der Waals surface area (Å²) in [6.45, 7) is 1.77. The molecule has 2 aromatic carbocycles. The zero-order valence-electron chi connectivity index (χ0n) is 13.7. The summed E-state index contributed by atoms with van der Waals surface area (Å²) in [4.78, 5) is 26.9. The van der Waals surface area contributed by atoms with Crippen molar-refractivity contribution in [1.29, 1.82) is 0 Å². The lowest BCUT2D eigenvalue weighted by molar-refractivity contribution is 0.0696. The number of hydrogen-bond acceptors (Lipinski definition) is 2. The molecule has 3 rings (SSSR count). The molecule has 1 atom stereocenters. The highest BCUT2D eigenvalue weighted by molar-refractivity contribution is 6.31. The minimum absolute atomic E-state index is 0.0629. The molecular formula is C18H16ClFN2O3. The average Bonchev–Trinajstić information content (AvgIpc) is 2.58. The third-order valence-electron chi connectivity index (χ3n) is 4.51. The predicted molar refractivity (Wildman–Crippen MR) is 92.6 cm³/mol. The van der Waals surface area contributed by atoms with E-state index in [4.69, 9.17) is 11.6 Å². The van der Waals surface area contributed by atoms with E-state index < -0.39 is 11.8 Å². The van der Waals surface area contributed by atoms with Gasteiger partial charge in [-0.1, -0.05) is 23.7 Å². The number of nitrogens with zero attached hydrogens (tertiary/aromatic N) is 2. The van der Waals surface area contributed by atoms with E-state index in [9.17, 15) is 19.1 Å². The maximum absolute atomic E-state index is 14.2. The van der Waals surface area contributed by atoms with Gasteiger partial charge in [0.2, 0.25) is 0 Å². The van der Waals surface area contributed by atoms with Crippen LogP contribution < -0.4 is 4.90 Å². The number of carbonyl (C=O) groups excluding carboxylic acids is 1. The van der Waals surface area contributed by atoms with E-state index in [0.717, 1.165) is 5.56 Å². The van der Waals surface area contributed by atoms with Gasteiger partial charge in [-0.2, -0.15) is 0 Å². The summed E-state index contributed by atoms with van der Waals surface area (Å²) >= 11 is 6.08. The van der Waals surface area contributed by atoms with Gasteiger partial charge < -0.3 is 10.0 Å². The number of anilines is 1. The highest BCUT2D eigenvalue weighted by Gasteiger charge is 2.34. The number of carbonyl (C=O) groups is 2. The zero-order chi connectivity index (χ0) is 18.3. The molecule has 7 heteroatoms. The molecule has 1 aliphatic heterocycles. The molecule has 0 bridgehead atoms. The summed E-state index contributed by atoms with van der Waals surface area (Å²) < 4.78 is 14.2. The van der Waals surface area contributed by atoms with Gasteiger partial charge in [-0.25, -0.2) is 14.0 Å². The third kappa shape index (κ3) is 2.93. The molecule has 0 spiro atoms. The van der Waals surface area contributed by atoms with E-state index in [2.05, 4.69) is 0 Å². The molecule has 1 N–H and O–H groups in total. The highest BCUT2D eigenvalue weighted by atomic mass is 35.5. The van der Waals surface area contributed by atoms with Crippen LogP contribution in [0, 0.1) is 5.82 Å². The molecule has 0 saturated carbocycles. The fraction of sp³-hybridized carbons (Fsp3) is 0.222. The van der Waals surface area contributed by atoms with E-state index in [0.29, 0.717) is 5.69 Å². The first-order valence-corrected chi connectivity index (χ1v) is 8.03. The second kappa shape index (κ2) is 6.37. The number of benzene rings is 2. The predicted octanol–water partition coefficient (Wildman–Crippen LogP) is 4.31. The Balaban J connectivity index is 2.12. The lowest BCUT2D eigenvalue weighted by Gasteiger charge is -2.39. The minimum atomic E-state index is -1.09. The van der Waals surface area contributed by atoms with Crippen LogP contribution in [0.15, 0.2) is 36.4 Å². The molecule has 1 unspecified atom stereocenters. The number of amides is 2. The Hall–Kier alpha value is -2.60. The van der Waals surface area contributed by atoms with Crippen molar-refractivity contribution in [3.8, 4) is 0 Å². The SMILES string of the molecule is CC1c2ccc(C(=O)O)cc2N(Cc2c(F)cccc2Cl)C(=O)N1C. The van der Waals surface area contributed by atoms with Crippen LogP contribution in [-0.4, -0.2) is 29.1 Å². The first-order valence-electron chi connectivity index (χ1n) is 7.65. The molecule has 5 nitrogen and oxygen atoms in total. The van der Waals surface area contributed by atoms with E-state index in [1.165, 1.54) is 34.1 Å². The van der Waals surface area contributed by atoms with Crippen molar-refractivity contribution in [2.24, 2.45) is 0 Å². The average molecular weight is 363 g/mol. The summed E-state index contributed by atoms with van der Waals surface area (Å²) in [5.41, 5.74) is 1.49. The van der Waals surface area contributed by atoms with Crippen LogP contribution in [0.1, 0.15) is 34.5 Å². The number of fused-ring (bicyclic) bond motifs is 1. The smallest absolute Gasteiger partial charge is 0.335 e. The van der Waals surface area contributed by atoms with E-state index in [-0.39, 0.29) is 34.8 Å². The Labute approximate surface area is 149 Å². The van der Waals surface area contributed by atoms with E-state index in [1.54, 1.807) is 19.2 Å². The number of carboxylic acid groups (broad SMARTS) is 1. The number of carboxylic acids is 1. The Bertz CT molecular complexity index is 851. The Morgan fingerprint density at radius 2 is 2.04 bits per heavy atom. The van der Waals surface area contributed by atoms with Gasteiger partial charge in [-0.15, -0.1) is 0 Å². The fourth-order valence-electron chi connectivity index (χ4n) is 2.93. The van der Waals surface area contributed by atoms with Gasteiger partial charge in [0.1, 0.15) is 5.82 Å². The highest BCUT2D eigenvalue weighted by Crippen LogP contribution is 2.38. The van der Waals surface area contributed by atoms with Gasteiger partial charge in [-0.05, 0) is 36.8 Å². The molecule has 1 aliphatic rings. The van der Waals surface area contributed by atoms with E-state index >= 15 is 0 Å². The second-order valence-electron chi connectivity index (χ2n) is 5.93. The molecule has 130 valence electrons. The number of aromatic carboxylic acids is 1. The molecule has 2 aromatic rings. The summed E-state index contributed by atoms with van der Waals surface area (Å²) in [5, 5.41) is 9.45. The third-order valence-corrected chi connectivity index (χ3v) is 4.86. The number of rotatable bonds is 3. The minimum Gasteiger partial charge on any atom is -0.478 e. The summed E-state index contributed by atoms with van der Waals surface area (Å²) in [6, 6.07) is 8.36. The van der Waals surface area contributed by atoms with Gasteiger partial charge in [0.05, 0.1) is 23.8 Å². The van der Waals surface area contributed by atoms with Gasteiger partial charge in [0.15, 0.2) is 0 Å². The second-order valence-corrected chi connectivity index (χ2v) is 6.34. The summed E-state index contributed by atoms with van der Waals surface area (Å²) in [6.07, 6.45) is 0. The van der Waals surface area contributed by atoms with Crippen molar-refractivity contribution in [3.63, 3.8) is 0 Å². The van der Waals surface area contributed by atoms with E-state index in [1.807, 2.05) is 6.92 Å². The first kappa shape index (κ1) is 17.2. The zero-order valence-corrected chi connectivity index (χ0v) is 14.4. The molecule has 0 radical (unpaired) electrons. The molecule has 0 saturated heterocycles. The number of urea groups is 1. The quantitative estimate of drug-likeness (QED) is 0.885. The van der Waals surface area contributed by atoms with Gasteiger partial charge in [-0.3, -0.25) is 4.90 Å². The summed E-state index contributed by atoms with van der Waals surface area (Å²) in [5.74, 6) is -1.61. The first-order chi connectivity index (χ1) is 11.8. The molecule has 1 heterocycles. The maximum Gasteiger partial charge on any atom is 0.335 e. The molecule has 2 amide bonds. The Kier molecular flexibility index (Phi) is 4.39. The lowest BCUT2D eigenvalue weighted by Crippen LogP contribution is -2.46. The molecule has 0 aromatic heterocycles. The number of halogens is 2. The van der Waals surface area contributed by atoms with Crippen molar-refractivity contribution in [2.75, 3.05) is 11.9 Å². The van der Waals surface area contributed by atoms with Crippen LogP contribution in [0.4, 0.5) is 14.9 Å². The van der Waals surface area contributed by atoms with Gasteiger partial charge in [0, 0.05) is 17.6 Å². The van der Waals surface area contributed by atoms with Crippen LogP contribution in [0.5, 0.6) is 0 Å². The van der Waals surface area contributed by atoms with Crippen molar-refractivity contribution in [1.82, 2.24) is 4.90 Å². The molecular weight excluding hydrogens is 347 g/mol. The topological polar surface area (TPSA) is 60.9 Å². The molecule has 0 fully saturated rings.